The molecule has 3 aromatic rings. The summed E-state index contributed by atoms with van der Waals surface area (Å²) < 4.78 is 5.27. The smallest absolute Gasteiger partial charge is 0.263 e. The van der Waals surface area contributed by atoms with Crippen LogP contribution in [0.15, 0.2) is 84.1 Å². The van der Waals surface area contributed by atoms with Gasteiger partial charge in [0.2, 0.25) is 0 Å². The molecule has 0 aliphatic heterocycles. The number of nitrogens with two attached hydrogens (primary N) is 2. The third-order valence-corrected chi connectivity index (χ3v) is 5.97. The maximum absolute atomic E-state index is 13.9. The zero-order valence-electron chi connectivity index (χ0n) is 23.4. The lowest BCUT2D eigenvalue weighted by Crippen LogP contribution is -2.42. The normalized spacial score (nSPS) is 11.4. The molecular weight excluding hydrogens is 518 g/mol. The molecule has 10 heteroatoms. The lowest BCUT2D eigenvalue weighted by atomic mass is 9.81. The van der Waals surface area contributed by atoms with E-state index in [4.69, 9.17) is 16.2 Å². The molecule has 0 aromatic heterocycles. The van der Waals surface area contributed by atoms with Gasteiger partial charge < -0.3 is 32.2 Å². The van der Waals surface area contributed by atoms with Gasteiger partial charge in [-0.05, 0) is 87.0 Å². The fraction of sp³-hybridized carbons (Fsp3) is 0.226. The van der Waals surface area contributed by atoms with Crippen molar-refractivity contribution < 1.29 is 14.3 Å². The zero-order valence-corrected chi connectivity index (χ0v) is 23.4. The van der Waals surface area contributed by atoms with E-state index in [9.17, 15) is 20.1 Å². The van der Waals surface area contributed by atoms with Gasteiger partial charge >= 0.3 is 0 Å². The summed E-state index contributed by atoms with van der Waals surface area (Å²) in [4.78, 5) is 27.9. The van der Waals surface area contributed by atoms with Crippen LogP contribution in [0.3, 0.4) is 0 Å². The van der Waals surface area contributed by atoms with Crippen molar-refractivity contribution in [2.24, 2.45) is 5.92 Å². The van der Waals surface area contributed by atoms with Crippen molar-refractivity contribution >= 4 is 34.6 Å². The Bertz CT molecular complexity index is 1420. The molecule has 2 amide bonds. The number of nitrogens with one attached hydrogen (secondary N) is 3. The van der Waals surface area contributed by atoms with Gasteiger partial charge in [-0.15, -0.1) is 0 Å². The van der Waals surface area contributed by atoms with E-state index in [0.717, 1.165) is 0 Å². The number of amides is 2. The van der Waals surface area contributed by atoms with Gasteiger partial charge in [0.05, 0.1) is 25.2 Å². The van der Waals surface area contributed by atoms with Crippen LogP contribution in [0.4, 0.5) is 22.7 Å². The average Bonchev–Trinajstić information content (AvgIpc) is 2.93. The molecule has 10 nitrogen and oxygen atoms in total. The Kier molecular flexibility index (Phi) is 9.57. The average molecular weight is 552 g/mol. The number of carbonyl (C=O) groups excluding carboxylic acids is 2. The molecule has 3 aromatic carbocycles. The Hall–Kier alpha value is -5.48. The molecule has 1 atom stereocenters. The van der Waals surface area contributed by atoms with Crippen LogP contribution in [0.5, 0.6) is 5.75 Å². The second kappa shape index (κ2) is 13.0. The van der Waals surface area contributed by atoms with E-state index in [2.05, 4.69) is 16.0 Å². The third-order valence-electron chi connectivity index (χ3n) is 5.97. The molecule has 41 heavy (non-hydrogen) atoms. The summed E-state index contributed by atoms with van der Waals surface area (Å²) >= 11 is 0. The maximum atomic E-state index is 13.9. The van der Waals surface area contributed by atoms with Crippen molar-refractivity contribution in [2.45, 2.75) is 32.2 Å². The van der Waals surface area contributed by atoms with Crippen LogP contribution in [0.2, 0.25) is 0 Å². The third kappa shape index (κ3) is 8.01. The summed E-state index contributed by atoms with van der Waals surface area (Å²) in [7, 11) is 1.52. The molecule has 0 aliphatic rings. The number of ether oxygens (including phenoxy) is 1. The Morgan fingerprint density at radius 2 is 1.22 bits per heavy atom. The molecule has 3 rings (SSSR count). The van der Waals surface area contributed by atoms with Gasteiger partial charge in [-0.3, -0.25) is 9.59 Å². The SMILES string of the molecule is COc1ccc(C(C(NC(C)(C)C)=C(C(=O)Nc2ccc(N)cc2)C(=O)Nc2ccc(N)cc2)C(C#N)C#N)cc1. The van der Waals surface area contributed by atoms with Gasteiger partial charge in [0, 0.05) is 34.0 Å². The quantitative estimate of drug-likeness (QED) is 0.111. The summed E-state index contributed by atoms with van der Waals surface area (Å²) in [6, 6.07) is 23.7. The first-order valence-corrected chi connectivity index (χ1v) is 12.7. The minimum absolute atomic E-state index is 0.108. The van der Waals surface area contributed by atoms with Crippen LogP contribution in [-0.4, -0.2) is 24.5 Å². The van der Waals surface area contributed by atoms with E-state index in [1.165, 1.54) is 7.11 Å². The fourth-order valence-corrected chi connectivity index (χ4v) is 4.08. The first-order valence-electron chi connectivity index (χ1n) is 12.7. The van der Waals surface area contributed by atoms with Gasteiger partial charge in [-0.2, -0.15) is 10.5 Å². The highest BCUT2D eigenvalue weighted by atomic mass is 16.5. The molecule has 1 unspecified atom stereocenters. The van der Waals surface area contributed by atoms with Gasteiger partial charge in [0.25, 0.3) is 11.8 Å². The van der Waals surface area contributed by atoms with Gasteiger partial charge in [0.1, 0.15) is 17.2 Å². The topological polar surface area (TPSA) is 179 Å². The number of methoxy groups -OCH3 is 1. The molecule has 0 spiro atoms. The number of hydrogen-bond acceptors (Lipinski definition) is 8. The van der Waals surface area contributed by atoms with Gasteiger partial charge in [-0.25, -0.2) is 0 Å². The largest absolute Gasteiger partial charge is 0.497 e. The van der Waals surface area contributed by atoms with Crippen LogP contribution in [0.25, 0.3) is 0 Å². The predicted octanol–water partition coefficient (Wildman–Crippen LogP) is 4.53. The highest BCUT2D eigenvalue weighted by molar-refractivity contribution is 6.26. The Balaban J connectivity index is 2.29. The summed E-state index contributed by atoms with van der Waals surface area (Å²) in [6.45, 7) is 5.54. The minimum atomic E-state index is -1.25. The predicted molar refractivity (Wildman–Crippen MR) is 159 cm³/mol. The minimum Gasteiger partial charge on any atom is -0.497 e. The van der Waals surface area contributed by atoms with E-state index in [0.29, 0.717) is 34.1 Å². The van der Waals surface area contributed by atoms with Crippen LogP contribution in [0, 0.1) is 28.6 Å². The van der Waals surface area contributed by atoms with Crippen molar-refractivity contribution in [3.63, 3.8) is 0 Å². The monoisotopic (exact) mass is 551 g/mol. The number of allylic oxidation sites excluding steroid dienone is 1. The number of anilines is 4. The number of rotatable bonds is 9. The number of carbonyl (C=O) groups is 2. The van der Waals surface area contributed by atoms with Crippen molar-refractivity contribution in [2.75, 3.05) is 29.2 Å². The summed E-state index contributed by atoms with van der Waals surface area (Å²) in [5, 5.41) is 28.8. The van der Waals surface area contributed by atoms with Gasteiger partial charge in [0.15, 0.2) is 0 Å². The first-order chi connectivity index (χ1) is 19.4. The second-order valence-electron chi connectivity index (χ2n) is 10.3. The Morgan fingerprint density at radius 3 is 1.59 bits per heavy atom. The van der Waals surface area contributed by atoms with Gasteiger partial charge in [-0.1, -0.05) is 12.1 Å². The van der Waals surface area contributed by atoms with E-state index >= 15 is 0 Å². The zero-order chi connectivity index (χ0) is 30.2. The van der Waals surface area contributed by atoms with E-state index in [1.807, 2.05) is 32.9 Å². The van der Waals surface area contributed by atoms with Crippen molar-refractivity contribution in [1.29, 1.82) is 10.5 Å². The summed E-state index contributed by atoms with van der Waals surface area (Å²) in [5.41, 5.74) is 13.0. The number of nitrogen functional groups attached to an aromatic ring is 2. The maximum Gasteiger partial charge on any atom is 0.263 e. The molecule has 0 fully saturated rings. The van der Waals surface area contributed by atoms with Crippen molar-refractivity contribution in [3.8, 4) is 17.9 Å². The number of hydrogen-bond donors (Lipinski definition) is 5. The van der Waals surface area contributed by atoms with Crippen molar-refractivity contribution in [1.82, 2.24) is 5.32 Å². The van der Waals surface area contributed by atoms with E-state index in [1.54, 1.807) is 72.8 Å². The van der Waals surface area contributed by atoms with Crippen LogP contribution in [-0.2, 0) is 9.59 Å². The molecule has 0 bridgehead atoms. The molecule has 0 heterocycles. The molecule has 210 valence electrons. The number of nitriles is 2. The van der Waals surface area contributed by atoms with Crippen LogP contribution >= 0.6 is 0 Å². The molecule has 7 N–H and O–H groups in total. The second-order valence-corrected chi connectivity index (χ2v) is 10.3. The number of nitrogens with zero attached hydrogens (tertiary/aromatic N) is 2. The lowest BCUT2D eigenvalue weighted by molar-refractivity contribution is -0.118. The molecule has 0 aliphatic carbocycles. The Morgan fingerprint density at radius 1 is 0.780 bits per heavy atom. The number of benzene rings is 3. The first kappa shape index (κ1) is 30.1. The highest BCUT2D eigenvalue weighted by Gasteiger charge is 2.36. The van der Waals surface area contributed by atoms with Crippen LogP contribution < -0.4 is 32.2 Å². The molecule has 0 radical (unpaired) electrons. The molecule has 0 saturated heterocycles. The highest BCUT2D eigenvalue weighted by Crippen LogP contribution is 2.35. The Labute approximate surface area is 239 Å². The molecule has 0 saturated carbocycles. The van der Waals surface area contributed by atoms with Crippen molar-refractivity contribution in [3.05, 3.63) is 89.6 Å². The summed E-state index contributed by atoms with van der Waals surface area (Å²) in [5.74, 6) is -3.18. The fourth-order valence-electron chi connectivity index (χ4n) is 4.08. The lowest BCUT2D eigenvalue weighted by Gasteiger charge is -2.32. The van der Waals surface area contributed by atoms with E-state index < -0.39 is 29.2 Å². The summed E-state index contributed by atoms with van der Waals surface area (Å²) in [6.07, 6.45) is 0. The van der Waals surface area contributed by atoms with E-state index in [-0.39, 0.29) is 11.3 Å². The molecular formula is C31H33N7O3. The van der Waals surface area contributed by atoms with Crippen LogP contribution in [0.1, 0.15) is 32.3 Å². The standard InChI is InChI=1S/C31H33N7O3/c1-31(2,3)38-28(26(20(17-32)18-33)19-5-15-25(41-4)16-6-19)27(29(39)36-23-11-7-21(34)8-12-23)30(40)37-24-13-9-22(35)10-14-24/h5-16,20,26,38H,34-35H2,1-4H3,(H,36,39)(H,37,40).